The molecular formula is C29H26N4O4S. The van der Waals surface area contributed by atoms with E-state index in [4.69, 9.17) is 21.7 Å². The van der Waals surface area contributed by atoms with E-state index >= 15 is 0 Å². The average Bonchev–Trinajstić information content (AvgIpc) is 3.59. The highest BCUT2D eigenvalue weighted by molar-refractivity contribution is 7.80. The summed E-state index contributed by atoms with van der Waals surface area (Å²) in [4.78, 5) is 18.5. The highest BCUT2D eigenvalue weighted by Gasteiger charge is 2.42. The molecule has 0 bridgehead atoms. The van der Waals surface area contributed by atoms with E-state index in [2.05, 4.69) is 32.8 Å². The number of anilines is 1. The van der Waals surface area contributed by atoms with Gasteiger partial charge in [0, 0.05) is 35.0 Å². The molecule has 0 aliphatic carbocycles. The minimum atomic E-state index is -0.955. The topological polar surface area (TPSA) is 88.8 Å². The van der Waals surface area contributed by atoms with E-state index in [1.165, 1.54) is 0 Å². The lowest BCUT2D eigenvalue weighted by Gasteiger charge is -2.28. The monoisotopic (exact) mass is 526 g/mol. The van der Waals surface area contributed by atoms with Gasteiger partial charge in [0.25, 0.3) is 0 Å². The first-order valence-corrected chi connectivity index (χ1v) is 12.7. The van der Waals surface area contributed by atoms with Gasteiger partial charge in [-0.05, 0) is 86.6 Å². The summed E-state index contributed by atoms with van der Waals surface area (Å²) in [6, 6.07) is 18.6. The third kappa shape index (κ3) is 3.86. The van der Waals surface area contributed by atoms with Gasteiger partial charge in [0.05, 0.1) is 23.3 Å². The average molecular weight is 527 g/mol. The Morgan fingerprint density at radius 2 is 1.87 bits per heavy atom. The maximum Gasteiger partial charge on any atom is 0.335 e. The van der Waals surface area contributed by atoms with Crippen molar-refractivity contribution in [3.8, 4) is 17.2 Å². The summed E-state index contributed by atoms with van der Waals surface area (Å²) in [5.74, 6) is 0.428. The molecule has 2 aromatic carbocycles. The van der Waals surface area contributed by atoms with Crippen molar-refractivity contribution >= 4 is 29.0 Å². The molecular weight excluding hydrogens is 500 g/mol. The largest absolute Gasteiger partial charge is 0.478 e. The first kappa shape index (κ1) is 24.0. The fourth-order valence-corrected chi connectivity index (χ4v) is 5.77. The third-order valence-electron chi connectivity index (χ3n) is 7.22. The zero-order valence-corrected chi connectivity index (χ0v) is 22.0. The number of pyridine rings is 1. The molecule has 192 valence electrons. The number of benzene rings is 2. The number of aromatic carboxylic acids is 1. The molecule has 6 rings (SSSR count). The standard InChI is InChI=1S/C29H26N4O4S/c1-16-7-8-19(28(34)35)13-23(16)32-17(2)12-21(18(32)3)27-26(22-6-4-5-11-30-22)31-29(38)33(27)20-9-10-24-25(14-20)37-15-36-24/h4-14,26-27H,15H2,1-3H3,(H,31,38)(H,34,35)/t26-,27-/m0/s1. The van der Waals surface area contributed by atoms with Gasteiger partial charge in [-0.15, -0.1) is 0 Å². The van der Waals surface area contributed by atoms with Gasteiger partial charge in [-0.1, -0.05) is 12.1 Å². The zero-order chi connectivity index (χ0) is 26.6. The van der Waals surface area contributed by atoms with E-state index in [-0.39, 0.29) is 24.4 Å². The van der Waals surface area contributed by atoms with Crippen LogP contribution in [0, 0.1) is 20.8 Å². The fourth-order valence-electron chi connectivity index (χ4n) is 5.43. The number of hydrogen-bond acceptors (Lipinski definition) is 5. The number of thiocarbonyl (C=S) groups is 1. The number of nitrogens with zero attached hydrogens (tertiary/aromatic N) is 3. The lowest BCUT2D eigenvalue weighted by atomic mass is 9.96. The van der Waals surface area contributed by atoms with Crippen LogP contribution in [0.25, 0.3) is 5.69 Å². The molecule has 4 heterocycles. The number of carboxylic acid groups (broad SMARTS) is 1. The summed E-state index contributed by atoms with van der Waals surface area (Å²) in [7, 11) is 0. The van der Waals surface area contributed by atoms with E-state index < -0.39 is 5.97 Å². The number of carbonyl (C=O) groups is 1. The van der Waals surface area contributed by atoms with Crippen molar-refractivity contribution in [3.63, 3.8) is 0 Å². The molecule has 2 aliphatic rings. The number of nitrogens with one attached hydrogen (secondary N) is 1. The molecule has 0 radical (unpaired) electrons. The van der Waals surface area contributed by atoms with Crippen molar-refractivity contribution in [1.29, 1.82) is 0 Å². The summed E-state index contributed by atoms with van der Waals surface area (Å²) in [5.41, 5.74) is 6.87. The zero-order valence-electron chi connectivity index (χ0n) is 21.1. The Hall–Kier alpha value is -4.37. The lowest BCUT2D eigenvalue weighted by molar-refractivity contribution is 0.0697. The van der Waals surface area contributed by atoms with Crippen LogP contribution in [-0.4, -0.2) is 32.5 Å². The Balaban J connectivity index is 1.52. The van der Waals surface area contributed by atoms with E-state index in [1.807, 2.05) is 56.3 Å². The van der Waals surface area contributed by atoms with Gasteiger partial charge in [-0.25, -0.2) is 4.79 Å². The number of fused-ring (bicyclic) bond motifs is 1. The van der Waals surface area contributed by atoms with Crippen molar-refractivity contribution in [2.75, 3.05) is 11.7 Å². The fraction of sp³-hybridized carbons (Fsp3) is 0.207. The van der Waals surface area contributed by atoms with Crippen LogP contribution in [0.1, 0.15) is 50.7 Å². The van der Waals surface area contributed by atoms with E-state index in [0.29, 0.717) is 16.6 Å². The van der Waals surface area contributed by atoms with Crippen LogP contribution < -0.4 is 19.7 Å². The van der Waals surface area contributed by atoms with Crippen LogP contribution >= 0.6 is 12.2 Å². The van der Waals surface area contributed by atoms with Crippen LogP contribution in [0.4, 0.5) is 5.69 Å². The van der Waals surface area contributed by atoms with Crippen LogP contribution in [0.2, 0.25) is 0 Å². The minimum absolute atomic E-state index is 0.192. The van der Waals surface area contributed by atoms with Crippen LogP contribution in [-0.2, 0) is 0 Å². The predicted molar refractivity (Wildman–Crippen MR) is 147 cm³/mol. The molecule has 2 aliphatic heterocycles. The molecule has 0 saturated carbocycles. The van der Waals surface area contributed by atoms with E-state index in [1.54, 1.807) is 18.3 Å². The first-order chi connectivity index (χ1) is 18.3. The third-order valence-corrected chi connectivity index (χ3v) is 7.53. The maximum absolute atomic E-state index is 11.7. The summed E-state index contributed by atoms with van der Waals surface area (Å²) in [5, 5.41) is 13.7. The number of hydrogen-bond donors (Lipinski definition) is 2. The summed E-state index contributed by atoms with van der Waals surface area (Å²) >= 11 is 5.89. The van der Waals surface area contributed by atoms with Crippen LogP contribution in [0.3, 0.4) is 0 Å². The molecule has 0 spiro atoms. The summed E-state index contributed by atoms with van der Waals surface area (Å²) < 4.78 is 13.3. The van der Waals surface area contributed by atoms with Gasteiger partial charge in [0.1, 0.15) is 0 Å². The molecule has 2 N–H and O–H groups in total. The van der Waals surface area contributed by atoms with Gasteiger partial charge in [-0.3, -0.25) is 4.98 Å². The molecule has 0 unspecified atom stereocenters. The Morgan fingerprint density at radius 3 is 2.63 bits per heavy atom. The number of aromatic nitrogens is 2. The molecule has 8 nitrogen and oxygen atoms in total. The van der Waals surface area contributed by atoms with Crippen LogP contribution in [0.5, 0.6) is 11.5 Å². The molecule has 1 fully saturated rings. The Bertz CT molecular complexity index is 1580. The van der Waals surface area contributed by atoms with Gasteiger partial charge < -0.3 is 29.4 Å². The van der Waals surface area contributed by atoms with Crippen molar-refractivity contribution in [2.24, 2.45) is 0 Å². The Kier molecular flexibility index (Phi) is 5.80. The van der Waals surface area contributed by atoms with Crippen molar-refractivity contribution in [2.45, 2.75) is 32.9 Å². The summed E-state index contributed by atoms with van der Waals surface area (Å²) in [6.07, 6.45) is 1.78. The molecule has 9 heteroatoms. The second-order valence-corrected chi connectivity index (χ2v) is 9.89. The number of rotatable bonds is 5. The second kappa shape index (κ2) is 9.18. The number of ether oxygens (including phenoxy) is 2. The predicted octanol–water partition coefficient (Wildman–Crippen LogP) is 5.40. The molecule has 1 saturated heterocycles. The minimum Gasteiger partial charge on any atom is -0.478 e. The van der Waals surface area contributed by atoms with E-state index in [9.17, 15) is 9.90 Å². The first-order valence-electron chi connectivity index (χ1n) is 12.3. The van der Waals surface area contributed by atoms with Crippen molar-refractivity contribution < 1.29 is 19.4 Å². The molecule has 2 atom stereocenters. The summed E-state index contributed by atoms with van der Waals surface area (Å²) in [6.45, 7) is 6.27. The van der Waals surface area contributed by atoms with Crippen molar-refractivity contribution in [3.05, 3.63) is 101 Å². The van der Waals surface area contributed by atoms with E-state index in [0.717, 1.165) is 39.6 Å². The Morgan fingerprint density at radius 1 is 1.05 bits per heavy atom. The molecule has 4 aromatic rings. The number of aryl methyl sites for hydroxylation is 2. The van der Waals surface area contributed by atoms with Crippen LogP contribution in [0.15, 0.2) is 66.9 Å². The number of carboxylic acids is 1. The van der Waals surface area contributed by atoms with Gasteiger partial charge >= 0.3 is 5.97 Å². The maximum atomic E-state index is 11.7. The van der Waals surface area contributed by atoms with Gasteiger partial charge in [-0.2, -0.15) is 0 Å². The molecule has 2 aromatic heterocycles. The SMILES string of the molecule is Cc1ccc(C(=O)O)cc1-n1c(C)cc([C@H]2[C@H](c3ccccn3)NC(=S)N2c2ccc3c(c2)OCO3)c1C. The Labute approximate surface area is 225 Å². The van der Waals surface area contributed by atoms with Gasteiger partial charge in [0.2, 0.25) is 6.79 Å². The highest BCUT2D eigenvalue weighted by Crippen LogP contribution is 2.46. The quantitative estimate of drug-likeness (QED) is 0.334. The highest BCUT2D eigenvalue weighted by atomic mass is 32.1. The second-order valence-electron chi connectivity index (χ2n) is 9.50. The smallest absolute Gasteiger partial charge is 0.335 e. The van der Waals surface area contributed by atoms with Crippen molar-refractivity contribution in [1.82, 2.24) is 14.9 Å². The molecule has 0 amide bonds. The lowest BCUT2D eigenvalue weighted by Crippen LogP contribution is -2.29. The normalized spacial score (nSPS) is 18.1. The molecule has 38 heavy (non-hydrogen) atoms. The van der Waals surface area contributed by atoms with Gasteiger partial charge in [0.15, 0.2) is 16.6 Å².